The molecule has 33 heavy (non-hydrogen) atoms. The first-order valence-corrected chi connectivity index (χ1v) is 11.0. The molecule has 0 atom stereocenters. The standard InChI is InChI=1S/C25H21N3O4S/c1-16(29)26-20-12-13-21-22(14-20)33-25(28(21)15-23(30)32-2)27-24(31)19-10-8-18(9-11-19)17-6-4-3-5-7-17/h3-14H,15H2,1-2H3,(H,26,29). The van der Waals surface area contributed by atoms with Crippen molar-refractivity contribution in [1.82, 2.24) is 4.57 Å². The minimum Gasteiger partial charge on any atom is -0.468 e. The number of nitrogens with one attached hydrogen (secondary N) is 1. The van der Waals surface area contributed by atoms with E-state index in [1.54, 1.807) is 34.9 Å². The van der Waals surface area contributed by atoms with Gasteiger partial charge in [0.2, 0.25) is 5.91 Å². The Kier molecular flexibility index (Phi) is 6.46. The molecule has 1 heterocycles. The van der Waals surface area contributed by atoms with Crippen LogP contribution < -0.4 is 10.1 Å². The topological polar surface area (TPSA) is 89.8 Å². The molecule has 2 amide bonds. The zero-order chi connectivity index (χ0) is 23.4. The van der Waals surface area contributed by atoms with E-state index in [0.29, 0.717) is 21.6 Å². The number of ether oxygens (including phenoxy) is 1. The number of thiazole rings is 1. The molecule has 4 aromatic rings. The first-order chi connectivity index (χ1) is 15.9. The van der Waals surface area contributed by atoms with E-state index in [0.717, 1.165) is 15.8 Å². The van der Waals surface area contributed by atoms with E-state index >= 15 is 0 Å². The Bertz CT molecular complexity index is 1400. The second-order valence-electron chi connectivity index (χ2n) is 7.27. The van der Waals surface area contributed by atoms with Crippen LogP contribution in [0, 0.1) is 0 Å². The smallest absolute Gasteiger partial charge is 0.325 e. The molecule has 0 bridgehead atoms. The highest BCUT2D eigenvalue weighted by Crippen LogP contribution is 2.23. The van der Waals surface area contributed by atoms with Gasteiger partial charge in [-0.3, -0.25) is 14.4 Å². The number of anilines is 1. The van der Waals surface area contributed by atoms with Crippen LogP contribution in [0.15, 0.2) is 77.8 Å². The number of nitrogens with zero attached hydrogens (tertiary/aromatic N) is 2. The van der Waals surface area contributed by atoms with Crippen molar-refractivity contribution < 1.29 is 19.1 Å². The van der Waals surface area contributed by atoms with Crippen molar-refractivity contribution in [2.45, 2.75) is 13.5 Å². The number of carbonyl (C=O) groups excluding carboxylic acids is 3. The van der Waals surface area contributed by atoms with Gasteiger partial charge >= 0.3 is 5.97 Å². The van der Waals surface area contributed by atoms with Gasteiger partial charge < -0.3 is 14.6 Å². The van der Waals surface area contributed by atoms with E-state index in [9.17, 15) is 14.4 Å². The van der Waals surface area contributed by atoms with Crippen molar-refractivity contribution in [1.29, 1.82) is 0 Å². The first-order valence-electron chi connectivity index (χ1n) is 10.2. The maximum absolute atomic E-state index is 12.9. The molecular formula is C25H21N3O4S. The highest BCUT2D eigenvalue weighted by Gasteiger charge is 2.13. The summed E-state index contributed by atoms with van der Waals surface area (Å²) in [7, 11) is 1.31. The number of benzene rings is 3. The third kappa shape index (κ3) is 5.07. The van der Waals surface area contributed by atoms with Crippen LogP contribution in [0.5, 0.6) is 0 Å². The molecule has 4 rings (SSSR count). The van der Waals surface area contributed by atoms with Crippen LogP contribution >= 0.6 is 11.3 Å². The quantitative estimate of drug-likeness (QED) is 0.452. The van der Waals surface area contributed by atoms with Crippen molar-refractivity contribution in [3.63, 3.8) is 0 Å². The summed E-state index contributed by atoms with van der Waals surface area (Å²) in [5, 5.41) is 2.73. The number of methoxy groups -OCH3 is 1. The van der Waals surface area contributed by atoms with Crippen LogP contribution in [0.3, 0.4) is 0 Å². The fourth-order valence-electron chi connectivity index (χ4n) is 3.37. The zero-order valence-electron chi connectivity index (χ0n) is 18.1. The molecule has 0 aliphatic heterocycles. The van der Waals surface area contributed by atoms with E-state index in [-0.39, 0.29) is 12.5 Å². The molecular weight excluding hydrogens is 438 g/mol. The van der Waals surface area contributed by atoms with Gasteiger partial charge in [0.1, 0.15) is 6.54 Å². The average molecular weight is 460 g/mol. The van der Waals surface area contributed by atoms with Gasteiger partial charge in [-0.1, -0.05) is 53.8 Å². The van der Waals surface area contributed by atoms with Crippen LogP contribution in [0.1, 0.15) is 17.3 Å². The molecule has 0 radical (unpaired) electrons. The third-order valence-corrected chi connectivity index (χ3v) is 6.00. The lowest BCUT2D eigenvalue weighted by molar-refractivity contribution is -0.141. The Balaban J connectivity index is 1.72. The summed E-state index contributed by atoms with van der Waals surface area (Å²) >= 11 is 1.26. The second kappa shape index (κ2) is 9.62. The molecule has 8 heteroatoms. The highest BCUT2D eigenvalue weighted by molar-refractivity contribution is 7.16. The van der Waals surface area contributed by atoms with Gasteiger partial charge in [0.25, 0.3) is 5.91 Å². The van der Waals surface area contributed by atoms with Crippen molar-refractivity contribution in [2.75, 3.05) is 12.4 Å². The summed E-state index contributed by atoms with van der Waals surface area (Å²) in [5.74, 6) is -1.06. The molecule has 1 N–H and O–H groups in total. The lowest BCUT2D eigenvalue weighted by Gasteiger charge is -2.05. The molecule has 3 aromatic carbocycles. The molecule has 7 nitrogen and oxygen atoms in total. The van der Waals surface area contributed by atoms with Gasteiger partial charge in [0.15, 0.2) is 4.80 Å². The minimum atomic E-state index is -0.457. The predicted molar refractivity (Wildman–Crippen MR) is 128 cm³/mol. The summed E-state index contributed by atoms with van der Waals surface area (Å²) in [6.07, 6.45) is 0. The number of hydrogen-bond acceptors (Lipinski definition) is 5. The molecule has 0 aliphatic rings. The minimum absolute atomic E-state index is 0.0883. The van der Waals surface area contributed by atoms with E-state index in [1.807, 2.05) is 42.5 Å². The normalized spacial score (nSPS) is 11.4. The molecule has 0 spiro atoms. The largest absolute Gasteiger partial charge is 0.468 e. The molecule has 0 fully saturated rings. The van der Waals surface area contributed by atoms with Gasteiger partial charge in [-0.05, 0) is 41.5 Å². The molecule has 1 aromatic heterocycles. The van der Waals surface area contributed by atoms with Crippen LogP contribution in [0.4, 0.5) is 5.69 Å². The van der Waals surface area contributed by atoms with Crippen LogP contribution in [-0.4, -0.2) is 29.5 Å². The van der Waals surface area contributed by atoms with Crippen LogP contribution in [0.25, 0.3) is 21.3 Å². The summed E-state index contributed by atoms with van der Waals surface area (Å²) in [6, 6.07) is 22.4. The van der Waals surface area contributed by atoms with Crippen LogP contribution in [-0.2, 0) is 20.9 Å². The van der Waals surface area contributed by atoms with Crippen molar-refractivity contribution in [2.24, 2.45) is 4.99 Å². The Morgan fingerprint density at radius 3 is 2.33 bits per heavy atom. The Morgan fingerprint density at radius 1 is 0.970 bits per heavy atom. The Morgan fingerprint density at radius 2 is 1.67 bits per heavy atom. The maximum atomic E-state index is 12.9. The van der Waals surface area contributed by atoms with Gasteiger partial charge in [-0.25, -0.2) is 0 Å². The number of carbonyl (C=O) groups is 3. The molecule has 0 saturated carbocycles. The Labute approximate surface area is 194 Å². The van der Waals surface area contributed by atoms with Crippen molar-refractivity contribution in [3.8, 4) is 11.1 Å². The number of aromatic nitrogens is 1. The lowest BCUT2D eigenvalue weighted by Crippen LogP contribution is -2.22. The Hall–Kier alpha value is -4.04. The zero-order valence-corrected chi connectivity index (χ0v) is 18.9. The maximum Gasteiger partial charge on any atom is 0.325 e. The summed E-state index contributed by atoms with van der Waals surface area (Å²) < 4.78 is 7.22. The number of hydrogen-bond donors (Lipinski definition) is 1. The SMILES string of the molecule is COC(=O)Cn1c(=NC(=O)c2ccc(-c3ccccc3)cc2)sc2cc(NC(C)=O)ccc21. The number of esters is 1. The highest BCUT2D eigenvalue weighted by atomic mass is 32.1. The van der Waals surface area contributed by atoms with Gasteiger partial charge in [-0.2, -0.15) is 4.99 Å². The number of fused-ring (bicyclic) bond motifs is 1. The number of rotatable bonds is 5. The lowest BCUT2D eigenvalue weighted by atomic mass is 10.0. The molecule has 0 unspecified atom stereocenters. The van der Waals surface area contributed by atoms with Gasteiger partial charge in [0.05, 0.1) is 17.3 Å². The third-order valence-electron chi connectivity index (χ3n) is 4.95. The molecule has 0 saturated heterocycles. The van der Waals surface area contributed by atoms with E-state index in [4.69, 9.17) is 4.74 Å². The predicted octanol–water partition coefficient (Wildman–Crippen LogP) is 4.24. The number of amides is 2. The fourth-order valence-corrected chi connectivity index (χ4v) is 4.44. The van der Waals surface area contributed by atoms with E-state index < -0.39 is 11.9 Å². The summed E-state index contributed by atoms with van der Waals surface area (Å²) in [6.45, 7) is 1.34. The van der Waals surface area contributed by atoms with E-state index in [2.05, 4.69) is 10.3 Å². The van der Waals surface area contributed by atoms with Gasteiger partial charge in [0, 0.05) is 18.2 Å². The monoisotopic (exact) mass is 459 g/mol. The van der Waals surface area contributed by atoms with Crippen LogP contribution in [0.2, 0.25) is 0 Å². The summed E-state index contributed by atoms with van der Waals surface area (Å²) in [4.78, 5) is 41.0. The molecule has 166 valence electrons. The van der Waals surface area contributed by atoms with E-state index in [1.165, 1.54) is 25.4 Å². The second-order valence-corrected chi connectivity index (χ2v) is 8.28. The van der Waals surface area contributed by atoms with Crippen molar-refractivity contribution in [3.05, 3.63) is 83.2 Å². The average Bonchev–Trinajstić information content (AvgIpc) is 3.15. The fraction of sp³-hybridized carbons (Fsp3) is 0.120. The first kappa shape index (κ1) is 22.2. The van der Waals surface area contributed by atoms with Gasteiger partial charge in [-0.15, -0.1) is 0 Å². The van der Waals surface area contributed by atoms with Crippen molar-refractivity contribution >= 4 is 45.0 Å². The summed E-state index contributed by atoms with van der Waals surface area (Å²) in [5.41, 5.74) is 3.83. The molecule has 0 aliphatic carbocycles.